The van der Waals surface area contributed by atoms with Gasteiger partial charge in [-0.05, 0) is 42.5 Å². The van der Waals surface area contributed by atoms with Crippen LogP contribution in [0.2, 0.25) is 0 Å². The highest BCUT2D eigenvalue weighted by atomic mass is 16.3. The second-order valence-corrected chi connectivity index (χ2v) is 6.14. The van der Waals surface area contributed by atoms with Crippen molar-refractivity contribution in [2.45, 2.75) is 25.8 Å². The molecule has 2 N–H and O–H groups in total. The first-order valence-electron chi connectivity index (χ1n) is 8.08. The molecule has 0 unspecified atom stereocenters. The molecule has 0 radical (unpaired) electrons. The summed E-state index contributed by atoms with van der Waals surface area (Å²) in [5.74, 6) is 1.59. The van der Waals surface area contributed by atoms with Crippen molar-refractivity contribution in [3.05, 3.63) is 54.3 Å². The Balaban J connectivity index is 1.30. The van der Waals surface area contributed by atoms with Crippen LogP contribution in [0.4, 0.5) is 10.5 Å². The monoisotopic (exact) mass is 322 g/mol. The largest absolute Gasteiger partial charge is 0.464 e. The van der Waals surface area contributed by atoms with E-state index in [4.69, 9.17) is 4.42 Å². The van der Waals surface area contributed by atoms with Crippen molar-refractivity contribution in [2.75, 3.05) is 5.32 Å². The number of fused-ring (bicyclic) bond motifs is 1. The number of carbonyl (C=O) groups excluding carboxylic acids is 1. The summed E-state index contributed by atoms with van der Waals surface area (Å²) in [5, 5.41) is 6.59. The summed E-state index contributed by atoms with van der Waals surface area (Å²) in [6, 6.07) is 7.45. The summed E-state index contributed by atoms with van der Waals surface area (Å²) in [6.07, 6.45) is 8.45. The third-order valence-corrected chi connectivity index (χ3v) is 4.10. The standard InChI is InChI=1S/C18H18N4O2/c23-18(21-9-13-3-4-16-14(7-13)5-6-24-16)22-15-10-19-17(20-11-15)8-12-1-2-12/h3-7,10-12H,1-2,8-9H2,(H2,21,22,23). The number of hydrogen-bond donors (Lipinski definition) is 2. The van der Waals surface area contributed by atoms with Gasteiger partial charge in [0.1, 0.15) is 11.4 Å². The molecule has 1 aliphatic rings. The Morgan fingerprint density at radius 1 is 1.21 bits per heavy atom. The molecule has 0 aliphatic heterocycles. The zero-order valence-electron chi connectivity index (χ0n) is 13.2. The summed E-state index contributed by atoms with van der Waals surface area (Å²) in [7, 11) is 0. The van der Waals surface area contributed by atoms with Gasteiger partial charge >= 0.3 is 6.03 Å². The fraction of sp³-hybridized carbons (Fsp3) is 0.278. The fourth-order valence-electron chi connectivity index (χ4n) is 2.59. The number of urea groups is 1. The Kier molecular flexibility index (Phi) is 3.86. The summed E-state index contributed by atoms with van der Waals surface area (Å²) < 4.78 is 5.30. The smallest absolute Gasteiger partial charge is 0.319 e. The molecule has 6 nitrogen and oxygen atoms in total. The van der Waals surface area contributed by atoms with E-state index >= 15 is 0 Å². The maximum atomic E-state index is 12.0. The third kappa shape index (κ3) is 3.53. The first-order chi connectivity index (χ1) is 11.8. The maximum absolute atomic E-state index is 12.0. The van der Waals surface area contributed by atoms with Crippen LogP contribution in [0.25, 0.3) is 11.0 Å². The minimum atomic E-state index is -0.277. The first kappa shape index (κ1) is 14.7. The van der Waals surface area contributed by atoms with E-state index in [1.807, 2.05) is 24.3 Å². The fourth-order valence-corrected chi connectivity index (χ4v) is 2.59. The molecular weight excluding hydrogens is 304 g/mol. The average molecular weight is 322 g/mol. The lowest BCUT2D eigenvalue weighted by Gasteiger charge is -2.08. The zero-order chi connectivity index (χ0) is 16.4. The van der Waals surface area contributed by atoms with Crippen molar-refractivity contribution >= 4 is 22.7 Å². The number of anilines is 1. The normalized spacial score (nSPS) is 13.8. The van der Waals surface area contributed by atoms with Gasteiger partial charge in [-0.3, -0.25) is 0 Å². The van der Waals surface area contributed by atoms with E-state index in [2.05, 4.69) is 20.6 Å². The SMILES string of the molecule is O=C(NCc1ccc2occc2c1)Nc1cnc(CC2CC2)nc1. The molecule has 6 heteroatoms. The molecule has 122 valence electrons. The second-order valence-electron chi connectivity index (χ2n) is 6.14. The highest BCUT2D eigenvalue weighted by molar-refractivity contribution is 5.88. The molecule has 1 aliphatic carbocycles. The highest BCUT2D eigenvalue weighted by Gasteiger charge is 2.22. The molecule has 2 heterocycles. The molecule has 0 spiro atoms. The van der Waals surface area contributed by atoms with Crippen LogP contribution in [-0.2, 0) is 13.0 Å². The van der Waals surface area contributed by atoms with Gasteiger partial charge in [-0.15, -0.1) is 0 Å². The highest BCUT2D eigenvalue weighted by Crippen LogP contribution is 2.31. The molecule has 3 aromatic rings. The second kappa shape index (κ2) is 6.31. The Morgan fingerprint density at radius 3 is 2.83 bits per heavy atom. The summed E-state index contributed by atoms with van der Waals surface area (Å²) >= 11 is 0. The molecule has 4 rings (SSSR count). The quantitative estimate of drug-likeness (QED) is 0.753. The Bertz CT molecular complexity index is 853. The van der Waals surface area contributed by atoms with E-state index in [-0.39, 0.29) is 6.03 Å². The van der Waals surface area contributed by atoms with Crippen LogP contribution in [0.15, 0.2) is 47.3 Å². The average Bonchev–Trinajstić information content (AvgIpc) is 3.28. The maximum Gasteiger partial charge on any atom is 0.319 e. The van der Waals surface area contributed by atoms with Crippen LogP contribution in [-0.4, -0.2) is 16.0 Å². The number of benzene rings is 1. The number of nitrogens with zero attached hydrogens (tertiary/aromatic N) is 2. The molecule has 2 aromatic heterocycles. The number of hydrogen-bond acceptors (Lipinski definition) is 4. The summed E-state index contributed by atoms with van der Waals surface area (Å²) in [5.41, 5.74) is 2.44. The van der Waals surface area contributed by atoms with Gasteiger partial charge in [-0.25, -0.2) is 14.8 Å². The molecule has 2 amide bonds. The molecule has 1 saturated carbocycles. The topological polar surface area (TPSA) is 80.0 Å². The lowest BCUT2D eigenvalue weighted by molar-refractivity contribution is 0.251. The molecule has 0 saturated heterocycles. The van der Waals surface area contributed by atoms with E-state index < -0.39 is 0 Å². The van der Waals surface area contributed by atoms with Crippen LogP contribution in [0.1, 0.15) is 24.2 Å². The summed E-state index contributed by atoms with van der Waals surface area (Å²) in [6.45, 7) is 0.438. The number of nitrogens with one attached hydrogen (secondary N) is 2. The van der Waals surface area contributed by atoms with Crippen LogP contribution in [0.3, 0.4) is 0 Å². The van der Waals surface area contributed by atoms with Gasteiger partial charge in [0.15, 0.2) is 0 Å². The van der Waals surface area contributed by atoms with E-state index in [0.717, 1.165) is 34.7 Å². The van der Waals surface area contributed by atoms with E-state index in [1.165, 1.54) is 12.8 Å². The van der Waals surface area contributed by atoms with E-state index in [0.29, 0.717) is 12.2 Å². The Morgan fingerprint density at radius 2 is 2.04 bits per heavy atom. The number of amides is 2. The van der Waals surface area contributed by atoms with Crippen molar-refractivity contribution in [1.82, 2.24) is 15.3 Å². The predicted octanol–water partition coefficient (Wildman–Crippen LogP) is 3.50. The number of carbonyl (C=O) groups is 1. The molecule has 0 atom stereocenters. The van der Waals surface area contributed by atoms with Crippen molar-refractivity contribution in [1.29, 1.82) is 0 Å². The van der Waals surface area contributed by atoms with Gasteiger partial charge in [0.2, 0.25) is 0 Å². The van der Waals surface area contributed by atoms with Gasteiger partial charge in [0.25, 0.3) is 0 Å². The Labute approximate surface area is 139 Å². The molecule has 1 aromatic carbocycles. The minimum Gasteiger partial charge on any atom is -0.464 e. The Hall–Kier alpha value is -2.89. The van der Waals surface area contributed by atoms with Gasteiger partial charge < -0.3 is 15.1 Å². The number of aromatic nitrogens is 2. The van der Waals surface area contributed by atoms with E-state index in [9.17, 15) is 4.79 Å². The zero-order valence-corrected chi connectivity index (χ0v) is 13.2. The van der Waals surface area contributed by atoms with Gasteiger partial charge in [-0.2, -0.15) is 0 Å². The van der Waals surface area contributed by atoms with E-state index in [1.54, 1.807) is 18.7 Å². The van der Waals surface area contributed by atoms with Crippen LogP contribution in [0, 0.1) is 5.92 Å². The van der Waals surface area contributed by atoms with Gasteiger partial charge in [0.05, 0.1) is 24.3 Å². The minimum absolute atomic E-state index is 0.277. The van der Waals surface area contributed by atoms with Crippen LogP contribution < -0.4 is 10.6 Å². The predicted molar refractivity (Wildman–Crippen MR) is 90.5 cm³/mol. The molecule has 0 bridgehead atoms. The lowest BCUT2D eigenvalue weighted by atomic mass is 10.1. The van der Waals surface area contributed by atoms with Crippen molar-refractivity contribution in [3.8, 4) is 0 Å². The van der Waals surface area contributed by atoms with Crippen molar-refractivity contribution < 1.29 is 9.21 Å². The van der Waals surface area contributed by atoms with Crippen LogP contribution >= 0.6 is 0 Å². The van der Waals surface area contributed by atoms with Crippen LogP contribution in [0.5, 0.6) is 0 Å². The summed E-state index contributed by atoms with van der Waals surface area (Å²) in [4.78, 5) is 20.6. The van der Waals surface area contributed by atoms with Crippen molar-refractivity contribution in [2.24, 2.45) is 5.92 Å². The lowest BCUT2D eigenvalue weighted by Crippen LogP contribution is -2.28. The number of rotatable bonds is 5. The molecule has 24 heavy (non-hydrogen) atoms. The van der Waals surface area contributed by atoms with Gasteiger partial charge in [-0.1, -0.05) is 6.07 Å². The third-order valence-electron chi connectivity index (χ3n) is 4.10. The molecule has 1 fully saturated rings. The molecular formula is C18H18N4O2. The van der Waals surface area contributed by atoms with Crippen molar-refractivity contribution in [3.63, 3.8) is 0 Å². The van der Waals surface area contributed by atoms with Gasteiger partial charge in [0, 0.05) is 18.4 Å². The number of furan rings is 1. The first-order valence-corrected chi connectivity index (χ1v) is 8.08.